The van der Waals surface area contributed by atoms with Crippen LogP contribution >= 0.6 is 0 Å². The van der Waals surface area contributed by atoms with Crippen molar-refractivity contribution in [2.24, 2.45) is 40.9 Å². The third-order valence-corrected chi connectivity index (χ3v) is 8.33. The second-order valence-corrected chi connectivity index (χ2v) is 8.99. The molecule has 4 aliphatic rings. The van der Waals surface area contributed by atoms with Gasteiger partial charge < -0.3 is 4.74 Å². The summed E-state index contributed by atoms with van der Waals surface area (Å²) in [5, 5.41) is 0. The molecule has 0 unspecified atom stereocenters. The number of methoxy groups -OCH3 is 1. The highest BCUT2D eigenvalue weighted by Crippen LogP contribution is 2.63. The SMILES string of the molecule is COC[C@H]1CC[C@H]2[C@@H]3CC[C@H]4CC(=O)CC[C@@H]4[C@H]3CC[C@]12C. The van der Waals surface area contributed by atoms with E-state index >= 15 is 0 Å². The minimum Gasteiger partial charge on any atom is -0.384 e. The van der Waals surface area contributed by atoms with E-state index in [-0.39, 0.29) is 0 Å². The largest absolute Gasteiger partial charge is 0.384 e. The Morgan fingerprint density at radius 3 is 2.73 bits per heavy atom. The highest BCUT2D eigenvalue weighted by atomic mass is 16.5. The van der Waals surface area contributed by atoms with Crippen molar-refractivity contribution in [3.05, 3.63) is 0 Å². The van der Waals surface area contributed by atoms with Crippen LogP contribution in [0, 0.1) is 40.9 Å². The molecule has 0 amide bonds. The molecule has 2 nitrogen and oxygen atoms in total. The van der Waals surface area contributed by atoms with E-state index in [1.807, 2.05) is 7.11 Å². The van der Waals surface area contributed by atoms with Crippen LogP contribution in [-0.4, -0.2) is 19.5 Å². The van der Waals surface area contributed by atoms with Crippen molar-refractivity contribution in [3.8, 4) is 0 Å². The second kappa shape index (κ2) is 5.61. The van der Waals surface area contributed by atoms with Crippen LogP contribution in [0.1, 0.15) is 64.7 Å². The topological polar surface area (TPSA) is 26.3 Å². The van der Waals surface area contributed by atoms with Crippen molar-refractivity contribution in [3.63, 3.8) is 0 Å². The highest BCUT2D eigenvalue weighted by Gasteiger charge is 2.56. The van der Waals surface area contributed by atoms with Crippen LogP contribution in [0.15, 0.2) is 0 Å². The second-order valence-electron chi connectivity index (χ2n) is 8.99. The van der Waals surface area contributed by atoms with Crippen LogP contribution in [0.3, 0.4) is 0 Å². The molecular weight excluding hydrogens is 272 g/mol. The van der Waals surface area contributed by atoms with Gasteiger partial charge >= 0.3 is 0 Å². The molecule has 0 aromatic heterocycles. The lowest BCUT2D eigenvalue weighted by Crippen LogP contribution is -2.49. The van der Waals surface area contributed by atoms with Gasteiger partial charge in [0.25, 0.3) is 0 Å². The lowest BCUT2D eigenvalue weighted by molar-refractivity contribution is -0.127. The molecule has 0 radical (unpaired) electrons. The molecule has 0 aromatic carbocycles. The molecule has 7 atom stereocenters. The fourth-order valence-electron chi connectivity index (χ4n) is 7.24. The number of carbonyl (C=O) groups is 1. The first-order valence-corrected chi connectivity index (χ1v) is 9.64. The van der Waals surface area contributed by atoms with E-state index in [0.717, 1.165) is 55.0 Å². The summed E-state index contributed by atoms with van der Waals surface area (Å²) in [6.45, 7) is 3.53. The number of Topliss-reactive ketones (excluding diaryl/α,β-unsaturated/α-hetero) is 1. The number of ketones is 1. The van der Waals surface area contributed by atoms with E-state index in [2.05, 4.69) is 6.92 Å². The van der Waals surface area contributed by atoms with Crippen molar-refractivity contribution in [1.29, 1.82) is 0 Å². The molecule has 0 heterocycles. The fourth-order valence-corrected chi connectivity index (χ4v) is 7.24. The van der Waals surface area contributed by atoms with Gasteiger partial charge in [0.1, 0.15) is 5.78 Å². The molecule has 4 rings (SSSR count). The molecule has 0 aromatic rings. The number of hydrogen-bond donors (Lipinski definition) is 0. The molecule has 2 heteroatoms. The van der Waals surface area contributed by atoms with Crippen molar-refractivity contribution < 1.29 is 9.53 Å². The van der Waals surface area contributed by atoms with Gasteiger partial charge in [-0.25, -0.2) is 0 Å². The summed E-state index contributed by atoms with van der Waals surface area (Å²) >= 11 is 0. The van der Waals surface area contributed by atoms with E-state index in [9.17, 15) is 4.79 Å². The van der Waals surface area contributed by atoms with Gasteiger partial charge in [0.2, 0.25) is 0 Å². The van der Waals surface area contributed by atoms with E-state index in [1.54, 1.807) is 0 Å². The Labute approximate surface area is 135 Å². The fraction of sp³-hybridized carbons (Fsp3) is 0.950. The molecule has 124 valence electrons. The van der Waals surface area contributed by atoms with E-state index in [1.165, 1.54) is 44.9 Å². The van der Waals surface area contributed by atoms with E-state index < -0.39 is 0 Å². The quantitative estimate of drug-likeness (QED) is 0.752. The van der Waals surface area contributed by atoms with Crippen molar-refractivity contribution in [2.75, 3.05) is 13.7 Å². The smallest absolute Gasteiger partial charge is 0.133 e. The first kappa shape index (κ1) is 15.2. The van der Waals surface area contributed by atoms with Crippen molar-refractivity contribution in [1.82, 2.24) is 0 Å². The molecule has 0 aliphatic heterocycles. The minimum atomic E-state index is 0.536. The summed E-state index contributed by atoms with van der Waals surface area (Å²) in [7, 11) is 1.87. The van der Waals surface area contributed by atoms with Gasteiger partial charge in [-0.3, -0.25) is 4.79 Å². The first-order valence-electron chi connectivity index (χ1n) is 9.64. The van der Waals surface area contributed by atoms with E-state index in [0.29, 0.717) is 11.2 Å². The molecule has 0 saturated heterocycles. The van der Waals surface area contributed by atoms with Crippen LogP contribution in [0.5, 0.6) is 0 Å². The molecule has 0 bridgehead atoms. The van der Waals surface area contributed by atoms with Gasteiger partial charge in [0, 0.05) is 26.6 Å². The lowest BCUT2D eigenvalue weighted by atomic mass is 9.50. The Bertz CT molecular complexity index is 445. The molecule has 4 aliphatic carbocycles. The zero-order chi connectivity index (χ0) is 15.3. The maximum absolute atomic E-state index is 11.8. The maximum atomic E-state index is 11.8. The van der Waals surface area contributed by atoms with Gasteiger partial charge in [0.05, 0.1) is 0 Å². The van der Waals surface area contributed by atoms with Crippen molar-refractivity contribution in [2.45, 2.75) is 64.7 Å². The number of rotatable bonds is 2. The Morgan fingerprint density at radius 1 is 1.05 bits per heavy atom. The standard InChI is InChI=1S/C20H32O2/c1-20-10-9-17-16-7-5-15(21)11-13(16)3-6-18(17)19(20)8-4-14(20)12-22-2/h13-14,16-19H,3-12H2,1-2H3/t13-,14+,16-,17+,18+,19-,20+/m0/s1. The molecule has 22 heavy (non-hydrogen) atoms. The Balaban J connectivity index is 1.54. The zero-order valence-corrected chi connectivity index (χ0v) is 14.4. The summed E-state index contributed by atoms with van der Waals surface area (Å²) in [6.07, 6.45) is 11.4. The van der Waals surface area contributed by atoms with Crippen LogP contribution in [0.25, 0.3) is 0 Å². The predicted octanol–water partition coefficient (Wildman–Crippen LogP) is 4.47. The summed E-state index contributed by atoms with van der Waals surface area (Å²) in [4.78, 5) is 11.8. The summed E-state index contributed by atoms with van der Waals surface area (Å²) in [6, 6.07) is 0. The number of hydrogen-bond acceptors (Lipinski definition) is 2. The molecule has 0 spiro atoms. The van der Waals surface area contributed by atoms with Gasteiger partial charge in [-0.1, -0.05) is 6.92 Å². The molecule has 0 N–H and O–H groups in total. The van der Waals surface area contributed by atoms with Gasteiger partial charge in [-0.05, 0) is 85.9 Å². The average Bonchev–Trinajstić information content (AvgIpc) is 2.84. The first-order chi connectivity index (χ1) is 10.6. The summed E-state index contributed by atoms with van der Waals surface area (Å²) < 4.78 is 5.54. The van der Waals surface area contributed by atoms with Crippen LogP contribution in [0.4, 0.5) is 0 Å². The summed E-state index contributed by atoms with van der Waals surface area (Å²) in [5.74, 6) is 5.77. The Hall–Kier alpha value is -0.370. The molecule has 4 saturated carbocycles. The highest BCUT2D eigenvalue weighted by molar-refractivity contribution is 5.79. The van der Waals surface area contributed by atoms with Crippen LogP contribution < -0.4 is 0 Å². The van der Waals surface area contributed by atoms with Gasteiger partial charge in [-0.15, -0.1) is 0 Å². The third kappa shape index (κ3) is 2.20. The van der Waals surface area contributed by atoms with Crippen LogP contribution in [0.2, 0.25) is 0 Å². The minimum absolute atomic E-state index is 0.536. The molecule has 4 fully saturated rings. The Morgan fingerprint density at radius 2 is 1.91 bits per heavy atom. The average molecular weight is 304 g/mol. The number of carbonyl (C=O) groups excluding carboxylic acids is 1. The Kier molecular flexibility index (Phi) is 3.87. The third-order valence-electron chi connectivity index (χ3n) is 8.33. The maximum Gasteiger partial charge on any atom is 0.133 e. The predicted molar refractivity (Wildman–Crippen MR) is 87.5 cm³/mol. The van der Waals surface area contributed by atoms with Crippen molar-refractivity contribution >= 4 is 5.78 Å². The number of fused-ring (bicyclic) bond motifs is 5. The van der Waals surface area contributed by atoms with E-state index in [4.69, 9.17) is 4.74 Å². The lowest BCUT2D eigenvalue weighted by Gasteiger charge is -2.55. The van der Waals surface area contributed by atoms with Gasteiger partial charge in [0.15, 0.2) is 0 Å². The normalized spacial score (nSPS) is 51.1. The van der Waals surface area contributed by atoms with Crippen LogP contribution in [-0.2, 0) is 9.53 Å². The summed E-state index contributed by atoms with van der Waals surface area (Å²) in [5.41, 5.74) is 0.536. The molecular formula is C20H32O2. The zero-order valence-electron chi connectivity index (χ0n) is 14.4. The van der Waals surface area contributed by atoms with Gasteiger partial charge in [-0.2, -0.15) is 0 Å². The number of ether oxygens (including phenoxy) is 1. The monoisotopic (exact) mass is 304 g/mol.